The van der Waals surface area contributed by atoms with Gasteiger partial charge in [0.25, 0.3) is 0 Å². The molecule has 0 nitrogen and oxygen atoms in total. The fourth-order valence-corrected chi connectivity index (χ4v) is 7.86. The molecule has 0 saturated carbocycles. The van der Waals surface area contributed by atoms with E-state index in [1.165, 1.54) is 24.6 Å². The Morgan fingerprint density at radius 3 is 2.20 bits per heavy atom. The van der Waals surface area contributed by atoms with Gasteiger partial charge in [-0.25, -0.2) is 0 Å². The topological polar surface area (TPSA) is 0 Å². The summed E-state index contributed by atoms with van der Waals surface area (Å²) >= 11 is -0.250. The molecule has 0 fully saturated rings. The minimum Gasteiger partial charge on any atom is -0.147 e. The van der Waals surface area contributed by atoms with E-state index < -0.39 is 0 Å². The van der Waals surface area contributed by atoms with Gasteiger partial charge in [-0.05, 0) is 0 Å². The van der Waals surface area contributed by atoms with Crippen LogP contribution < -0.4 is 0 Å². The maximum absolute atomic E-state index is 2.48. The van der Waals surface area contributed by atoms with E-state index in [1.807, 2.05) is 0 Å². The zero-order valence-corrected chi connectivity index (χ0v) is 17.7. The Balaban J connectivity index is 0.00000113. The molecule has 25 heavy (non-hydrogen) atoms. The predicted molar refractivity (Wildman–Crippen MR) is 111 cm³/mol. The van der Waals surface area contributed by atoms with Gasteiger partial charge in [-0.3, -0.25) is 0 Å². The zero-order chi connectivity index (χ0) is 15.5. The van der Waals surface area contributed by atoms with Crippen LogP contribution in [-0.4, -0.2) is 5.29 Å². The third-order valence-electron chi connectivity index (χ3n) is 4.19. The molecule has 0 aromatic heterocycles. The number of hydrogen-bond donors (Lipinski definition) is 0. The maximum Gasteiger partial charge on any atom is -0.147 e. The summed E-state index contributed by atoms with van der Waals surface area (Å²) < 4.78 is 1.85. The molecule has 0 amide bonds. The van der Waals surface area contributed by atoms with E-state index >= 15 is 0 Å². The molecule has 4 heteroatoms. The number of rotatable bonds is 4. The van der Waals surface area contributed by atoms with Crippen LogP contribution in [0.3, 0.4) is 0 Å². The van der Waals surface area contributed by atoms with E-state index in [2.05, 4.69) is 91.0 Å². The molecule has 0 spiro atoms. The summed E-state index contributed by atoms with van der Waals surface area (Å²) in [5, 5.41) is 1.45. The van der Waals surface area contributed by atoms with E-state index in [0.717, 1.165) is 6.42 Å². The Morgan fingerprint density at radius 2 is 1.56 bits per heavy atom. The first-order valence-electron chi connectivity index (χ1n) is 7.90. The molecule has 0 radical (unpaired) electrons. The van der Waals surface area contributed by atoms with Crippen molar-refractivity contribution in [2.75, 3.05) is 0 Å². The van der Waals surface area contributed by atoms with E-state index in [4.69, 9.17) is 0 Å². The third kappa shape index (κ3) is 4.46. The van der Waals surface area contributed by atoms with Crippen LogP contribution in [0.5, 0.6) is 0 Å². The smallest absolute Gasteiger partial charge is 0.147 e. The zero-order valence-electron chi connectivity index (χ0n) is 13.6. The van der Waals surface area contributed by atoms with E-state index in [0.29, 0.717) is 0 Å². The van der Waals surface area contributed by atoms with Gasteiger partial charge in [-0.1, -0.05) is 0 Å². The molecule has 126 valence electrons. The van der Waals surface area contributed by atoms with E-state index in [-0.39, 0.29) is 47.4 Å². The van der Waals surface area contributed by atoms with E-state index in [1.54, 1.807) is 3.88 Å². The fraction of sp³-hybridized carbons (Fsp3) is 0.0952. The average Bonchev–Trinajstić information content (AvgIpc) is 3.28. The monoisotopic (exact) mass is 420 g/mol. The Bertz CT molecular complexity index is 825. The minimum atomic E-state index is -0.250. The van der Waals surface area contributed by atoms with Crippen LogP contribution in [0.2, 0.25) is 0 Å². The molecule has 4 rings (SSSR count). The van der Waals surface area contributed by atoms with Gasteiger partial charge in [0.15, 0.2) is 0 Å². The Kier molecular flexibility index (Phi) is 7.50. The largest absolute Gasteiger partial charge is 0.147 e. The van der Waals surface area contributed by atoms with Gasteiger partial charge in [-0.15, -0.1) is 24.8 Å². The Labute approximate surface area is 172 Å². The molecule has 1 aliphatic heterocycles. The van der Waals surface area contributed by atoms with E-state index in [9.17, 15) is 0 Å². The quantitative estimate of drug-likeness (QED) is 0.399. The Morgan fingerprint density at radius 1 is 0.880 bits per heavy atom. The maximum atomic E-state index is 2.48. The summed E-state index contributed by atoms with van der Waals surface area (Å²) in [4.78, 5) is 0. The molecular weight excluding hydrogens is 402 g/mol. The van der Waals surface area contributed by atoms with Crippen LogP contribution >= 0.6 is 33.0 Å². The third-order valence-corrected chi connectivity index (χ3v) is 8.96. The van der Waals surface area contributed by atoms with Crippen molar-refractivity contribution in [3.63, 3.8) is 0 Å². The van der Waals surface area contributed by atoms with Gasteiger partial charge in [0.05, 0.1) is 0 Å². The first-order chi connectivity index (χ1) is 11.4. The van der Waals surface area contributed by atoms with Crippen LogP contribution in [-0.2, 0) is 22.6 Å². The van der Waals surface area contributed by atoms with Gasteiger partial charge < -0.3 is 0 Å². The molecule has 0 saturated heterocycles. The van der Waals surface area contributed by atoms with Crippen molar-refractivity contribution in [2.45, 2.75) is 9.88 Å². The second-order valence-electron chi connectivity index (χ2n) is 5.78. The Hall–Kier alpha value is -0.876. The van der Waals surface area contributed by atoms with Crippen molar-refractivity contribution < 1.29 is 19.2 Å². The van der Waals surface area contributed by atoms with Crippen LogP contribution in [0.25, 0.3) is 0 Å². The molecule has 2 aromatic rings. The van der Waals surface area contributed by atoms with Crippen molar-refractivity contribution in [2.24, 2.45) is 0 Å². The summed E-state index contributed by atoms with van der Waals surface area (Å²) in [6.45, 7) is 0. The van der Waals surface area contributed by atoms with Crippen LogP contribution in [0.1, 0.15) is 17.5 Å². The molecular formula is C21H19Cl2PTi. The van der Waals surface area contributed by atoms with Crippen LogP contribution in [0, 0.1) is 0 Å². The minimum absolute atomic E-state index is 0. The standard InChI is InChI=1S/C16H12P.C5H5.2ClH.Ti/c1-3-7-13(8-4-1)15-11-12-16(17-15)14-9-5-2-6-10-14;1-2-4-5-3-1;;;/h1-12H;1-3H,4H2;2*1H;. The molecule has 2 aliphatic rings. The van der Waals surface area contributed by atoms with Crippen LogP contribution in [0.15, 0.2) is 94.9 Å². The van der Waals surface area contributed by atoms with Crippen molar-refractivity contribution in [1.29, 1.82) is 0 Å². The summed E-state index contributed by atoms with van der Waals surface area (Å²) in [7, 11) is 1.44. The summed E-state index contributed by atoms with van der Waals surface area (Å²) in [6.07, 6.45) is 12.8. The molecule has 0 N–H and O–H groups in total. The normalized spacial score (nSPS) is 21.0. The fourth-order valence-electron chi connectivity index (χ4n) is 3.01. The second kappa shape index (κ2) is 9.17. The summed E-state index contributed by atoms with van der Waals surface area (Å²) in [6, 6.07) is 21.9. The number of halogens is 2. The summed E-state index contributed by atoms with van der Waals surface area (Å²) in [5.74, 6) is 0. The molecule has 1 aliphatic carbocycles. The molecule has 2 aromatic carbocycles. The first-order valence-corrected chi connectivity index (χ1v) is 10.4. The molecule has 1 heterocycles. The van der Waals surface area contributed by atoms with Crippen LogP contribution in [0.4, 0.5) is 0 Å². The first kappa shape index (κ1) is 20.4. The van der Waals surface area contributed by atoms with Gasteiger partial charge in [0.1, 0.15) is 0 Å². The van der Waals surface area contributed by atoms with Crippen molar-refractivity contribution in [3.05, 3.63) is 106 Å². The number of benzene rings is 2. The SMILES string of the molecule is C1=CC[C]([Ti][C]2(c3ccccc3)C=CC(c3ccccc3)=P2)=C1.Cl.Cl. The molecule has 0 bridgehead atoms. The predicted octanol–water partition coefficient (Wildman–Crippen LogP) is 6.35. The molecule has 1 atom stereocenters. The van der Waals surface area contributed by atoms with Gasteiger partial charge >= 0.3 is 149 Å². The van der Waals surface area contributed by atoms with Crippen molar-refractivity contribution in [1.82, 2.24) is 0 Å². The van der Waals surface area contributed by atoms with Gasteiger partial charge in [-0.2, -0.15) is 0 Å². The average molecular weight is 421 g/mol. The number of hydrogen-bond acceptors (Lipinski definition) is 0. The summed E-state index contributed by atoms with van der Waals surface area (Å²) in [5.41, 5.74) is 2.82. The number of allylic oxidation sites excluding steroid dienone is 6. The van der Waals surface area contributed by atoms with Crippen molar-refractivity contribution in [3.8, 4) is 0 Å². The van der Waals surface area contributed by atoms with Gasteiger partial charge in [0, 0.05) is 0 Å². The van der Waals surface area contributed by atoms with Crippen molar-refractivity contribution >= 4 is 38.3 Å². The van der Waals surface area contributed by atoms with Gasteiger partial charge in [0.2, 0.25) is 0 Å². The second-order valence-corrected chi connectivity index (χ2v) is 10.5. The molecule has 1 unspecified atom stereocenters.